The molecule has 2 amide bonds. The maximum Gasteiger partial charge on any atom is 0.323 e. The number of carbonyl (C=O) groups is 1. The lowest BCUT2D eigenvalue weighted by Crippen LogP contribution is -2.43. The second-order valence-electron chi connectivity index (χ2n) is 9.45. The van der Waals surface area contributed by atoms with Crippen molar-refractivity contribution in [3.8, 4) is 0 Å². The molecule has 6 heteroatoms. The summed E-state index contributed by atoms with van der Waals surface area (Å²) in [6.07, 6.45) is 5.55. The molecule has 1 N–H and O–H groups in total. The SMILES string of the molecule is C=N/C(=C\C=C(/C)O[Si](C)(C)C(C)(C)C)NC(=O)N1CCC(c2ccccc2)CC1. The predicted molar refractivity (Wildman–Crippen MR) is 128 cm³/mol. The number of likely N-dealkylation sites (tertiary alicyclic amines) is 1. The summed E-state index contributed by atoms with van der Waals surface area (Å²) in [6, 6.07) is 10.4. The van der Waals surface area contributed by atoms with Crippen LogP contribution >= 0.6 is 0 Å². The lowest BCUT2D eigenvalue weighted by Gasteiger charge is -2.36. The largest absolute Gasteiger partial charge is 0.547 e. The highest BCUT2D eigenvalue weighted by Gasteiger charge is 2.38. The first-order valence-electron chi connectivity index (χ1n) is 10.7. The van der Waals surface area contributed by atoms with E-state index in [9.17, 15) is 4.79 Å². The molecule has 2 rings (SSSR count). The van der Waals surface area contributed by atoms with Crippen LogP contribution in [0.2, 0.25) is 18.1 Å². The summed E-state index contributed by atoms with van der Waals surface area (Å²) in [4.78, 5) is 18.5. The zero-order valence-corrected chi connectivity index (χ0v) is 20.4. The van der Waals surface area contributed by atoms with Crippen LogP contribution in [0.25, 0.3) is 0 Å². The quantitative estimate of drug-likeness (QED) is 0.260. The van der Waals surface area contributed by atoms with Gasteiger partial charge in [0.2, 0.25) is 8.32 Å². The molecule has 30 heavy (non-hydrogen) atoms. The molecule has 1 heterocycles. The smallest absolute Gasteiger partial charge is 0.323 e. The van der Waals surface area contributed by atoms with Crippen LogP contribution < -0.4 is 5.32 Å². The minimum atomic E-state index is -1.88. The number of aliphatic imine (C=N–C) groups is 1. The molecule has 0 radical (unpaired) electrons. The van der Waals surface area contributed by atoms with Gasteiger partial charge in [-0.05, 0) is 68.2 Å². The second kappa shape index (κ2) is 10.1. The van der Waals surface area contributed by atoms with E-state index >= 15 is 0 Å². The van der Waals surface area contributed by atoms with E-state index in [4.69, 9.17) is 4.43 Å². The van der Waals surface area contributed by atoms with Crippen molar-refractivity contribution < 1.29 is 9.22 Å². The molecule has 1 aromatic rings. The van der Waals surface area contributed by atoms with Gasteiger partial charge in [-0.15, -0.1) is 0 Å². The number of carbonyl (C=O) groups excluding carboxylic acids is 1. The highest BCUT2D eigenvalue weighted by atomic mass is 28.4. The molecule has 0 bridgehead atoms. The van der Waals surface area contributed by atoms with Crippen molar-refractivity contribution in [1.29, 1.82) is 0 Å². The van der Waals surface area contributed by atoms with Crippen LogP contribution in [0.1, 0.15) is 52.0 Å². The van der Waals surface area contributed by atoms with Crippen LogP contribution in [0.5, 0.6) is 0 Å². The van der Waals surface area contributed by atoms with Crippen molar-refractivity contribution in [1.82, 2.24) is 10.2 Å². The minimum Gasteiger partial charge on any atom is -0.547 e. The monoisotopic (exact) mass is 427 g/mol. The number of urea groups is 1. The van der Waals surface area contributed by atoms with Gasteiger partial charge in [0.1, 0.15) is 5.82 Å². The van der Waals surface area contributed by atoms with Gasteiger partial charge in [0.15, 0.2) is 0 Å². The summed E-state index contributed by atoms with van der Waals surface area (Å²) in [7, 11) is -1.88. The predicted octanol–water partition coefficient (Wildman–Crippen LogP) is 6.04. The maximum atomic E-state index is 12.7. The van der Waals surface area contributed by atoms with E-state index in [1.54, 1.807) is 6.08 Å². The molecule has 1 aliphatic rings. The second-order valence-corrected chi connectivity index (χ2v) is 14.2. The molecule has 1 aliphatic heterocycles. The summed E-state index contributed by atoms with van der Waals surface area (Å²) >= 11 is 0. The fourth-order valence-corrected chi connectivity index (χ4v) is 4.43. The summed E-state index contributed by atoms with van der Waals surface area (Å²) in [5.41, 5.74) is 1.35. The lowest BCUT2D eigenvalue weighted by atomic mass is 9.90. The van der Waals surface area contributed by atoms with E-state index < -0.39 is 8.32 Å². The molecule has 5 nitrogen and oxygen atoms in total. The third-order valence-electron chi connectivity index (χ3n) is 6.16. The van der Waals surface area contributed by atoms with E-state index in [1.807, 2.05) is 24.0 Å². The number of benzene rings is 1. The van der Waals surface area contributed by atoms with E-state index in [-0.39, 0.29) is 11.1 Å². The molecule has 0 spiro atoms. The first-order chi connectivity index (χ1) is 14.0. The number of hydrogen-bond acceptors (Lipinski definition) is 3. The van der Waals surface area contributed by atoms with Gasteiger partial charge in [0.05, 0.1) is 5.76 Å². The van der Waals surface area contributed by atoms with Gasteiger partial charge in [-0.25, -0.2) is 9.79 Å². The Bertz CT molecular complexity index is 786. The van der Waals surface area contributed by atoms with Gasteiger partial charge in [-0.2, -0.15) is 0 Å². The average Bonchev–Trinajstić information content (AvgIpc) is 2.70. The highest BCUT2D eigenvalue weighted by molar-refractivity contribution is 6.74. The molecule has 0 aromatic heterocycles. The van der Waals surface area contributed by atoms with E-state index in [0.717, 1.165) is 31.7 Å². The van der Waals surface area contributed by atoms with E-state index in [0.29, 0.717) is 11.7 Å². The van der Waals surface area contributed by atoms with Gasteiger partial charge in [0.25, 0.3) is 0 Å². The molecule has 1 fully saturated rings. The fraction of sp³-hybridized carbons (Fsp3) is 0.500. The molecule has 0 saturated carbocycles. The average molecular weight is 428 g/mol. The number of nitrogens with zero attached hydrogens (tertiary/aromatic N) is 2. The number of allylic oxidation sites excluding steroid dienone is 3. The van der Waals surface area contributed by atoms with Crippen LogP contribution in [-0.2, 0) is 4.43 Å². The Balaban J connectivity index is 1.92. The fourth-order valence-electron chi connectivity index (χ4n) is 3.25. The van der Waals surface area contributed by atoms with Crippen molar-refractivity contribution in [2.24, 2.45) is 4.99 Å². The van der Waals surface area contributed by atoms with Gasteiger partial charge in [-0.3, -0.25) is 5.32 Å². The minimum absolute atomic E-state index is 0.128. The first-order valence-corrected chi connectivity index (χ1v) is 13.6. The number of nitrogens with one attached hydrogen (secondary N) is 1. The van der Waals surface area contributed by atoms with Crippen LogP contribution in [0.4, 0.5) is 4.79 Å². The molecule has 0 aliphatic carbocycles. The van der Waals surface area contributed by atoms with Gasteiger partial charge >= 0.3 is 6.03 Å². The summed E-state index contributed by atoms with van der Waals surface area (Å²) in [5, 5.41) is 3.00. The summed E-state index contributed by atoms with van der Waals surface area (Å²) < 4.78 is 6.24. The van der Waals surface area contributed by atoms with Crippen molar-refractivity contribution in [3.63, 3.8) is 0 Å². The zero-order chi connectivity index (χ0) is 22.4. The molecule has 1 aromatic carbocycles. The number of piperidine rings is 1. The third-order valence-corrected chi connectivity index (χ3v) is 10.6. The van der Waals surface area contributed by atoms with Gasteiger partial charge in [0, 0.05) is 13.1 Å². The van der Waals surface area contributed by atoms with Gasteiger partial charge < -0.3 is 9.33 Å². The van der Waals surface area contributed by atoms with Crippen molar-refractivity contribution in [3.05, 3.63) is 59.6 Å². The van der Waals surface area contributed by atoms with Crippen LogP contribution in [0, 0.1) is 0 Å². The molecule has 164 valence electrons. The maximum absolute atomic E-state index is 12.7. The summed E-state index contributed by atoms with van der Waals surface area (Å²) in [6.45, 7) is 18.0. The first kappa shape index (κ1) is 23.9. The standard InChI is InChI=1S/C24H37N3O2Si/c1-19(29-30(6,7)24(2,3)4)13-14-22(25-5)26-23(28)27-17-15-21(16-18-27)20-11-9-8-10-12-20/h8-14,21H,5,15-18H2,1-4,6-7H3,(H,26,28)/b19-13+,22-14+. The normalized spacial score (nSPS) is 16.9. The number of rotatable bonds is 6. The van der Waals surface area contributed by atoms with Crippen LogP contribution in [-0.4, -0.2) is 39.1 Å². The molecule has 0 atom stereocenters. The Hall–Kier alpha value is -2.34. The van der Waals surface area contributed by atoms with Crippen molar-refractivity contribution in [2.45, 2.75) is 64.6 Å². The lowest BCUT2D eigenvalue weighted by molar-refractivity contribution is 0.184. The molecular formula is C24H37N3O2Si. The Morgan fingerprint density at radius 2 is 1.80 bits per heavy atom. The summed E-state index contributed by atoms with van der Waals surface area (Å²) in [5.74, 6) is 1.77. The van der Waals surface area contributed by atoms with Crippen LogP contribution in [0.3, 0.4) is 0 Å². The van der Waals surface area contributed by atoms with Gasteiger partial charge in [-0.1, -0.05) is 51.1 Å². The Kier molecular flexibility index (Phi) is 8.07. The molecule has 0 unspecified atom stereocenters. The Labute approximate surface area is 183 Å². The zero-order valence-electron chi connectivity index (χ0n) is 19.4. The Morgan fingerprint density at radius 1 is 1.20 bits per heavy atom. The number of hydrogen-bond donors (Lipinski definition) is 1. The Morgan fingerprint density at radius 3 is 2.33 bits per heavy atom. The third kappa shape index (κ3) is 6.59. The highest BCUT2D eigenvalue weighted by Crippen LogP contribution is 2.37. The number of amides is 2. The van der Waals surface area contributed by atoms with E-state index in [2.05, 4.69) is 75.2 Å². The molecular weight excluding hydrogens is 390 g/mol. The van der Waals surface area contributed by atoms with Crippen molar-refractivity contribution >= 4 is 21.1 Å². The van der Waals surface area contributed by atoms with Crippen molar-refractivity contribution in [2.75, 3.05) is 13.1 Å². The topological polar surface area (TPSA) is 53.9 Å². The van der Waals surface area contributed by atoms with Crippen LogP contribution in [0.15, 0.2) is 59.1 Å². The van der Waals surface area contributed by atoms with E-state index in [1.165, 1.54) is 5.56 Å². The molecule has 1 saturated heterocycles.